The number of rotatable bonds is 7. The van der Waals surface area contributed by atoms with E-state index in [1.54, 1.807) is 72.8 Å². The maximum Gasteiger partial charge on any atom is 0.218 e. The highest BCUT2D eigenvalue weighted by Gasteiger charge is 2.35. The minimum atomic E-state index is -1.68. The highest BCUT2D eigenvalue weighted by Crippen LogP contribution is 2.40. The van der Waals surface area contributed by atoms with E-state index < -0.39 is 11.4 Å². The van der Waals surface area contributed by atoms with E-state index in [4.69, 9.17) is 21.3 Å². The number of hydrogen-bond acceptors (Lipinski definition) is 5. The van der Waals surface area contributed by atoms with Crippen LogP contribution in [-0.4, -0.2) is 32.0 Å². The quantitative estimate of drug-likeness (QED) is 0.246. The average Bonchev–Trinajstić information content (AvgIpc) is 3.54. The van der Waals surface area contributed by atoms with Gasteiger partial charge in [0, 0.05) is 47.7 Å². The summed E-state index contributed by atoms with van der Waals surface area (Å²) < 4.78 is 21.7. The molecule has 0 saturated carbocycles. The number of nitrogens with zero attached hydrogens (tertiary/aromatic N) is 4. The predicted octanol–water partition coefficient (Wildman–Crippen LogP) is 6.49. The summed E-state index contributed by atoms with van der Waals surface area (Å²) in [4.78, 5) is 8.91. The highest BCUT2D eigenvalue weighted by atomic mass is 35.5. The van der Waals surface area contributed by atoms with Gasteiger partial charge < -0.3 is 9.84 Å². The lowest BCUT2D eigenvalue weighted by Gasteiger charge is -2.30. The normalized spacial score (nSPS) is 12.8. The number of hydrogen-bond donors (Lipinski definition) is 1. The fourth-order valence-electron chi connectivity index (χ4n) is 4.97. The van der Waals surface area contributed by atoms with Gasteiger partial charge in [-0.25, -0.2) is 14.1 Å². The number of halogens is 2. The van der Waals surface area contributed by atoms with E-state index in [1.165, 1.54) is 12.1 Å². The molecule has 1 atom stereocenters. The number of methoxy groups -OCH3 is 1. The van der Waals surface area contributed by atoms with Crippen molar-refractivity contribution < 1.29 is 14.2 Å². The molecule has 0 aliphatic carbocycles. The third-order valence-corrected chi connectivity index (χ3v) is 7.43. The Morgan fingerprint density at radius 2 is 1.73 bits per heavy atom. The first-order chi connectivity index (χ1) is 19.5. The predicted molar refractivity (Wildman–Crippen MR) is 152 cm³/mol. The molecule has 3 heterocycles. The van der Waals surface area contributed by atoms with Gasteiger partial charge in [0.15, 0.2) is 0 Å². The summed E-state index contributed by atoms with van der Waals surface area (Å²) >= 11 is 7.04. The summed E-state index contributed by atoms with van der Waals surface area (Å²) in [5.41, 5.74) is 2.97. The summed E-state index contributed by atoms with van der Waals surface area (Å²) in [6, 6.07) is 24.6. The van der Waals surface area contributed by atoms with E-state index in [0.717, 1.165) is 16.8 Å². The van der Waals surface area contributed by atoms with Gasteiger partial charge in [0.05, 0.1) is 23.3 Å². The van der Waals surface area contributed by atoms with E-state index >= 15 is 0 Å². The van der Waals surface area contributed by atoms with Gasteiger partial charge in [-0.3, -0.25) is 4.98 Å². The Balaban J connectivity index is 1.46. The van der Waals surface area contributed by atoms with Crippen LogP contribution in [0.15, 0.2) is 110 Å². The van der Waals surface area contributed by atoms with E-state index in [1.807, 2.05) is 36.5 Å². The van der Waals surface area contributed by atoms with Crippen molar-refractivity contribution in [2.24, 2.45) is 0 Å². The second-order valence-corrected chi connectivity index (χ2v) is 9.78. The molecule has 0 fully saturated rings. The fraction of sp³-hybridized carbons (Fsp3) is 0.0938. The van der Waals surface area contributed by atoms with E-state index in [0.29, 0.717) is 44.9 Å². The molecule has 6 nitrogen and oxygen atoms in total. The number of fused-ring (bicyclic) bond motifs is 1. The molecule has 0 bridgehead atoms. The van der Waals surface area contributed by atoms with Crippen LogP contribution in [0.2, 0.25) is 5.02 Å². The lowest BCUT2D eigenvalue weighted by molar-refractivity contribution is 0.125. The van der Waals surface area contributed by atoms with Crippen molar-refractivity contribution in [3.63, 3.8) is 0 Å². The van der Waals surface area contributed by atoms with Gasteiger partial charge in [0.25, 0.3) is 0 Å². The van der Waals surface area contributed by atoms with Crippen LogP contribution in [0.3, 0.4) is 0 Å². The first-order valence-corrected chi connectivity index (χ1v) is 13.0. The van der Waals surface area contributed by atoms with E-state index in [-0.39, 0.29) is 0 Å². The van der Waals surface area contributed by atoms with Gasteiger partial charge in [0.2, 0.25) is 5.88 Å². The monoisotopic (exact) mass is 550 g/mol. The van der Waals surface area contributed by atoms with Crippen molar-refractivity contribution in [3.05, 3.63) is 148 Å². The largest absolute Gasteiger partial charge is 0.481 e. The van der Waals surface area contributed by atoms with Gasteiger partial charge in [-0.2, -0.15) is 5.10 Å². The highest BCUT2D eigenvalue weighted by molar-refractivity contribution is 6.36. The molecule has 0 spiro atoms. The molecular formula is C32H24ClFN4O2. The number of aromatic nitrogens is 4. The third-order valence-electron chi connectivity index (χ3n) is 7.00. The number of pyridine rings is 2. The Hall–Kier alpha value is -4.59. The molecule has 0 saturated heterocycles. The summed E-state index contributed by atoms with van der Waals surface area (Å²) in [7, 11) is 1.56. The fourth-order valence-corrected chi connectivity index (χ4v) is 5.27. The van der Waals surface area contributed by atoms with Crippen molar-refractivity contribution in [1.29, 1.82) is 0 Å². The Kier molecular flexibility index (Phi) is 6.76. The smallest absolute Gasteiger partial charge is 0.218 e. The van der Waals surface area contributed by atoms with Crippen LogP contribution in [0.25, 0.3) is 16.6 Å². The second kappa shape index (κ2) is 10.5. The molecule has 0 amide bonds. The Bertz CT molecular complexity index is 1790. The van der Waals surface area contributed by atoms with Crippen LogP contribution in [0, 0.1) is 5.82 Å². The molecule has 6 aromatic rings. The Morgan fingerprint density at radius 3 is 2.42 bits per heavy atom. The topological polar surface area (TPSA) is 73.1 Å². The first kappa shape index (κ1) is 25.7. The van der Waals surface area contributed by atoms with E-state index in [2.05, 4.69) is 10.1 Å². The molecule has 3 aromatic carbocycles. The summed E-state index contributed by atoms with van der Waals surface area (Å²) in [6.07, 6.45) is 7.29. The zero-order valence-electron chi connectivity index (χ0n) is 21.5. The molecule has 40 heavy (non-hydrogen) atoms. The minimum absolute atomic E-state index is 0.370. The zero-order valence-corrected chi connectivity index (χ0v) is 22.3. The molecule has 3 aromatic heterocycles. The number of benzene rings is 3. The van der Waals surface area contributed by atoms with Crippen molar-refractivity contribution in [2.75, 3.05) is 7.11 Å². The third kappa shape index (κ3) is 4.59. The molecule has 198 valence electrons. The average molecular weight is 551 g/mol. The molecular weight excluding hydrogens is 527 g/mol. The van der Waals surface area contributed by atoms with E-state index in [9.17, 15) is 9.50 Å². The first-order valence-electron chi connectivity index (χ1n) is 12.6. The van der Waals surface area contributed by atoms with Crippen LogP contribution < -0.4 is 4.74 Å². The molecule has 6 rings (SSSR count). The van der Waals surface area contributed by atoms with Crippen LogP contribution >= 0.6 is 11.6 Å². The van der Waals surface area contributed by atoms with Crippen molar-refractivity contribution >= 4 is 22.5 Å². The van der Waals surface area contributed by atoms with Crippen LogP contribution in [0.1, 0.15) is 27.8 Å². The molecule has 8 heteroatoms. The van der Waals surface area contributed by atoms with Crippen LogP contribution in [0.4, 0.5) is 4.39 Å². The van der Waals surface area contributed by atoms with Gasteiger partial charge in [0.1, 0.15) is 11.4 Å². The lowest BCUT2D eigenvalue weighted by atomic mass is 9.80. The molecule has 1 N–H and O–H groups in total. The molecule has 1 unspecified atom stereocenters. The maximum absolute atomic E-state index is 14.3. The van der Waals surface area contributed by atoms with Gasteiger partial charge in [-0.15, -0.1) is 0 Å². The zero-order chi connectivity index (χ0) is 27.7. The Labute approximate surface area is 235 Å². The molecule has 0 aliphatic rings. The maximum atomic E-state index is 14.3. The molecule has 0 radical (unpaired) electrons. The van der Waals surface area contributed by atoms with Gasteiger partial charge in [-0.05, 0) is 65.2 Å². The standard InChI is InChI=1S/C32H24ClFN4O2/c1-40-31-28(17-21-8-11-26(12-9-21)38-16-4-15-36-38)30(33)27-19-23(10-13-29(27)37-31)32(39,24-6-3-14-35-20-24)22-5-2-7-25(34)18-22/h2-16,18-20,39H,17H2,1H3. The summed E-state index contributed by atoms with van der Waals surface area (Å²) in [5, 5.41) is 17.6. The van der Waals surface area contributed by atoms with Gasteiger partial charge in [-0.1, -0.05) is 48.0 Å². The SMILES string of the molecule is COc1nc2ccc(C(O)(c3cccnc3)c3cccc(F)c3)cc2c(Cl)c1Cc1ccc(-n2cccn2)cc1. The Morgan fingerprint density at radius 1 is 0.925 bits per heavy atom. The van der Waals surface area contributed by atoms with Crippen molar-refractivity contribution in [3.8, 4) is 11.6 Å². The summed E-state index contributed by atoms with van der Waals surface area (Å²) in [5.74, 6) is -0.0278. The second-order valence-electron chi connectivity index (χ2n) is 9.40. The lowest BCUT2D eigenvalue weighted by Crippen LogP contribution is -2.29. The van der Waals surface area contributed by atoms with Crippen LogP contribution in [0.5, 0.6) is 5.88 Å². The van der Waals surface area contributed by atoms with Crippen molar-refractivity contribution in [1.82, 2.24) is 19.7 Å². The number of ether oxygens (including phenoxy) is 1. The number of aliphatic hydroxyl groups is 1. The summed E-state index contributed by atoms with van der Waals surface area (Å²) in [6.45, 7) is 0. The van der Waals surface area contributed by atoms with Gasteiger partial charge >= 0.3 is 0 Å². The molecule has 0 aliphatic heterocycles. The van der Waals surface area contributed by atoms with Crippen molar-refractivity contribution in [2.45, 2.75) is 12.0 Å². The minimum Gasteiger partial charge on any atom is -0.481 e. The van der Waals surface area contributed by atoms with Crippen LogP contribution in [-0.2, 0) is 12.0 Å².